The number of anilines is 1. The molecule has 0 heterocycles. The number of carbonyl (C=O) groups excluding carboxylic acids is 2. The summed E-state index contributed by atoms with van der Waals surface area (Å²) in [6, 6.07) is 12.4. The van der Waals surface area contributed by atoms with Gasteiger partial charge in [0.05, 0.1) is 4.90 Å². The van der Waals surface area contributed by atoms with Crippen LogP contribution in [0.25, 0.3) is 6.08 Å². The lowest BCUT2D eigenvalue weighted by Gasteiger charge is -2.06. The molecule has 2 rings (SSSR count). The van der Waals surface area contributed by atoms with Crippen molar-refractivity contribution in [3.8, 4) is 0 Å². The fourth-order valence-electron chi connectivity index (χ4n) is 1.90. The summed E-state index contributed by atoms with van der Waals surface area (Å²) in [7, 11) is -3.89. The molecule has 0 saturated carbocycles. The minimum absolute atomic E-state index is 0.0718. The van der Waals surface area contributed by atoms with Crippen molar-refractivity contribution in [2.24, 2.45) is 0 Å². The summed E-state index contributed by atoms with van der Waals surface area (Å²) in [5, 5.41) is 3.22. The standard InChI is InChI=1S/C17H15ClN2O4S/c1-12(21)20-25(23,24)16-9-7-15(8-10-16)19-17(22)11-4-13-2-5-14(18)6-3-13/h2-11H,1H3,(H,19,22)(H,20,21). The predicted molar refractivity (Wildman–Crippen MR) is 96.6 cm³/mol. The van der Waals surface area contributed by atoms with Crippen LogP contribution in [-0.4, -0.2) is 20.2 Å². The number of hydrogen-bond donors (Lipinski definition) is 2. The van der Waals surface area contributed by atoms with E-state index in [1.165, 1.54) is 30.3 Å². The highest BCUT2D eigenvalue weighted by molar-refractivity contribution is 7.90. The zero-order valence-electron chi connectivity index (χ0n) is 13.2. The fourth-order valence-corrected chi connectivity index (χ4v) is 3.01. The van der Waals surface area contributed by atoms with Crippen LogP contribution >= 0.6 is 11.6 Å². The Labute approximate surface area is 150 Å². The average molecular weight is 379 g/mol. The number of carbonyl (C=O) groups is 2. The summed E-state index contributed by atoms with van der Waals surface area (Å²) >= 11 is 5.78. The summed E-state index contributed by atoms with van der Waals surface area (Å²) in [6.45, 7) is 1.11. The van der Waals surface area contributed by atoms with E-state index in [-0.39, 0.29) is 10.8 Å². The maximum atomic E-state index is 11.9. The molecule has 0 unspecified atom stereocenters. The number of rotatable bonds is 5. The van der Waals surface area contributed by atoms with Crippen molar-refractivity contribution in [2.45, 2.75) is 11.8 Å². The van der Waals surface area contributed by atoms with E-state index in [9.17, 15) is 18.0 Å². The van der Waals surface area contributed by atoms with Crippen LogP contribution < -0.4 is 10.0 Å². The van der Waals surface area contributed by atoms with Crippen molar-refractivity contribution in [1.82, 2.24) is 4.72 Å². The van der Waals surface area contributed by atoms with E-state index < -0.39 is 15.9 Å². The van der Waals surface area contributed by atoms with E-state index in [1.54, 1.807) is 30.3 Å². The van der Waals surface area contributed by atoms with Crippen molar-refractivity contribution < 1.29 is 18.0 Å². The van der Waals surface area contributed by atoms with Gasteiger partial charge in [0, 0.05) is 23.7 Å². The summed E-state index contributed by atoms with van der Waals surface area (Å²) in [6.07, 6.45) is 2.98. The third kappa shape index (κ3) is 5.74. The van der Waals surface area contributed by atoms with E-state index in [4.69, 9.17) is 11.6 Å². The first-order valence-corrected chi connectivity index (χ1v) is 9.00. The summed E-state index contributed by atoms with van der Waals surface area (Å²) in [5.74, 6) is -1.04. The van der Waals surface area contributed by atoms with Gasteiger partial charge >= 0.3 is 0 Å². The van der Waals surface area contributed by atoms with Gasteiger partial charge in [0.2, 0.25) is 11.8 Å². The van der Waals surface area contributed by atoms with Gasteiger partial charge in [-0.05, 0) is 48.0 Å². The number of amides is 2. The maximum Gasteiger partial charge on any atom is 0.264 e. The Morgan fingerprint density at radius 1 is 1.00 bits per heavy atom. The highest BCUT2D eigenvalue weighted by Gasteiger charge is 2.15. The van der Waals surface area contributed by atoms with Crippen LogP contribution in [0.5, 0.6) is 0 Å². The van der Waals surface area contributed by atoms with Crippen molar-refractivity contribution in [1.29, 1.82) is 0 Å². The Kier molecular flexibility index (Phi) is 5.95. The molecule has 0 aromatic heterocycles. The number of sulfonamides is 1. The van der Waals surface area contributed by atoms with E-state index in [2.05, 4.69) is 5.32 Å². The van der Waals surface area contributed by atoms with Gasteiger partial charge in [-0.3, -0.25) is 9.59 Å². The van der Waals surface area contributed by atoms with Gasteiger partial charge in [0.25, 0.3) is 10.0 Å². The molecule has 0 aliphatic heterocycles. The molecule has 0 aliphatic rings. The molecule has 0 bridgehead atoms. The zero-order valence-corrected chi connectivity index (χ0v) is 14.8. The second-order valence-corrected chi connectivity index (χ2v) is 7.18. The predicted octanol–water partition coefficient (Wildman–Crippen LogP) is 2.82. The van der Waals surface area contributed by atoms with Gasteiger partial charge in [-0.1, -0.05) is 23.7 Å². The molecule has 2 N–H and O–H groups in total. The van der Waals surface area contributed by atoms with E-state index >= 15 is 0 Å². The molecule has 0 atom stereocenters. The van der Waals surface area contributed by atoms with Crippen LogP contribution in [0.1, 0.15) is 12.5 Å². The number of nitrogens with one attached hydrogen (secondary N) is 2. The van der Waals surface area contributed by atoms with Crippen LogP contribution in [0.15, 0.2) is 59.5 Å². The van der Waals surface area contributed by atoms with Crippen LogP contribution in [0.2, 0.25) is 5.02 Å². The molecule has 0 saturated heterocycles. The third-order valence-electron chi connectivity index (χ3n) is 3.01. The largest absolute Gasteiger partial charge is 0.323 e. The first-order chi connectivity index (χ1) is 11.8. The molecule has 0 fully saturated rings. The molecule has 130 valence electrons. The quantitative estimate of drug-likeness (QED) is 0.782. The first-order valence-electron chi connectivity index (χ1n) is 7.14. The SMILES string of the molecule is CC(=O)NS(=O)(=O)c1ccc(NC(=O)C=Cc2ccc(Cl)cc2)cc1. The summed E-state index contributed by atoms with van der Waals surface area (Å²) in [5.41, 5.74) is 1.24. The highest BCUT2D eigenvalue weighted by atomic mass is 35.5. The van der Waals surface area contributed by atoms with Gasteiger partial charge in [-0.2, -0.15) is 0 Å². The number of hydrogen-bond acceptors (Lipinski definition) is 4. The zero-order chi connectivity index (χ0) is 18.4. The lowest BCUT2D eigenvalue weighted by Crippen LogP contribution is -2.28. The molecule has 0 aliphatic carbocycles. The molecule has 8 heteroatoms. The van der Waals surface area contributed by atoms with Crippen molar-refractivity contribution >= 4 is 45.2 Å². The van der Waals surface area contributed by atoms with Crippen molar-refractivity contribution in [3.05, 3.63) is 65.2 Å². The lowest BCUT2D eigenvalue weighted by molar-refractivity contribution is -0.117. The molecule has 0 spiro atoms. The molecule has 2 amide bonds. The molecular formula is C17H15ClN2O4S. The van der Waals surface area contributed by atoms with E-state index in [0.717, 1.165) is 12.5 Å². The monoisotopic (exact) mass is 378 g/mol. The van der Waals surface area contributed by atoms with E-state index in [1.807, 2.05) is 4.72 Å². The highest BCUT2D eigenvalue weighted by Crippen LogP contribution is 2.14. The molecule has 2 aromatic carbocycles. The fraction of sp³-hybridized carbons (Fsp3) is 0.0588. The van der Waals surface area contributed by atoms with Gasteiger partial charge < -0.3 is 5.32 Å². The van der Waals surface area contributed by atoms with Gasteiger partial charge in [-0.25, -0.2) is 13.1 Å². The van der Waals surface area contributed by atoms with Gasteiger partial charge in [0.1, 0.15) is 0 Å². The molecule has 6 nitrogen and oxygen atoms in total. The van der Waals surface area contributed by atoms with Crippen molar-refractivity contribution in [3.63, 3.8) is 0 Å². The van der Waals surface area contributed by atoms with Crippen LogP contribution in [0, 0.1) is 0 Å². The Morgan fingerprint density at radius 2 is 1.60 bits per heavy atom. The lowest BCUT2D eigenvalue weighted by atomic mass is 10.2. The number of benzene rings is 2. The first kappa shape index (κ1) is 18.7. The number of halogens is 1. The summed E-state index contributed by atoms with van der Waals surface area (Å²) < 4.78 is 25.5. The minimum atomic E-state index is -3.89. The summed E-state index contributed by atoms with van der Waals surface area (Å²) in [4.78, 5) is 22.7. The third-order valence-corrected chi connectivity index (χ3v) is 4.71. The van der Waals surface area contributed by atoms with Gasteiger partial charge in [0.15, 0.2) is 0 Å². The molecule has 2 aromatic rings. The molecule has 25 heavy (non-hydrogen) atoms. The average Bonchev–Trinajstić information content (AvgIpc) is 2.54. The Bertz CT molecular complexity index is 905. The maximum absolute atomic E-state index is 11.9. The van der Waals surface area contributed by atoms with Crippen LogP contribution in [0.4, 0.5) is 5.69 Å². The van der Waals surface area contributed by atoms with E-state index in [0.29, 0.717) is 10.7 Å². The van der Waals surface area contributed by atoms with Crippen molar-refractivity contribution in [2.75, 3.05) is 5.32 Å². The Balaban J connectivity index is 2.02. The van der Waals surface area contributed by atoms with Crippen LogP contribution in [-0.2, 0) is 19.6 Å². The second kappa shape index (κ2) is 7.96. The second-order valence-electron chi connectivity index (χ2n) is 5.06. The Morgan fingerprint density at radius 3 is 2.16 bits per heavy atom. The smallest absolute Gasteiger partial charge is 0.264 e. The Hall–Kier alpha value is -2.64. The molecule has 0 radical (unpaired) electrons. The topological polar surface area (TPSA) is 92.3 Å². The normalized spacial score (nSPS) is 11.3. The van der Waals surface area contributed by atoms with Crippen LogP contribution in [0.3, 0.4) is 0 Å². The molecular weight excluding hydrogens is 364 g/mol. The van der Waals surface area contributed by atoms with Gasteiger partial charge in [-0.15, -0.1) is 0 Å². The minimum Gasteiger partial charge on any atom is -0.323 e.